The molecule has 2 aliphatic rings. The van der Waals surface area contributed by atoms with Crippen LogP contribution >= 0.6 is 0 Å². The van der Waals surface area contributed by atoms with E-state index in [1.54, 1.807) is 0 Å². The molecule has 0 fully saturated rings. The highest BCUT2D eigenvalue weighted by atomic mass is 16.5. The number of ether oxygens (including phenoxy) is 2. The first kappa shape index (κ1) is 33.4. The van der Waals surface area contributed by atoms with Gasteiger partial charge in [-0.25, -0.2) is 9.59 Å². The van der Waals surface area contributed by atoms with Crippen molar-refractivity contribution < 1.29 is 23.6 Å². The molecule has 0 radical (unpaired) electrons. The maximum Gasteiger partial charge on any atom is 0.337 e. The van der Waals surface area contributed by atoms with Crippen molar-refractivity contribution in [1.29, 1.82) is 0 Å². The molecule has 0 spiro atoms. The van der Waals surface area contributed by atoms with Gasteiger partial charge < -0.3 is 14.4 Å². The number of hydrogen-bond acceptors (Lipinski definition) is 5. The van der Waals surface area contributed by atoms with E-state index in [0.717, 1.165) is 11.1 Å². The summed E-state index contributed by atoms with van der Waals surface area (Å²) in [5, 5.41) is 0. The summed E-state index contributed by atoms with van der Waals surface area (Å²) >= 11 is 0. The fourth-order valence-electron chi connectivity index (χ4n) is 7.07. The van der Waals surface area contributed by atoms with Crippen LogP contribution in [0.25, 0.3) is 0 Å². The molecule has 6 rings (SSSR count). The monoisotopic (exact) mass is 651 g/mol. The zero-order valence-corrected chi connectivity index (χ0v) is 29.1. The van der Waals surface area contributed by atoms with Gasteiger partial charge in [0.05, 0.1) is 30.8 Å². The normalized spacial score (nSPS) is 16.8. The number of anilines is 1. The highest BCUT2D eigenvalue weighted by Gasteiger charge is 2.44. The van der Waals surface area contributed by atoms with Crippen LogP contribution in [0.5, 0.6) is 0 Å². The van der Waals surface area contributed by atoms with Crippen LogP contribution in [-0.4, -0.2) is 36.4 Å². The second-order valence-corrected chi connectivity index (χ2v) is 13.5. The van der Waals surface area contributed by atoms with E-state index in [2.05, 4.69) is 116 Å². The smallest absolute Gasteiger partial charge is 0.337 e. The molecule has 2 heterocycles. The number of para-hydroxylation sites is 2. The number of methoxy groups -OCH3 is 2. The number of esters is 2. The lowest BCUT2D eigenvalue weighted by Crippen LogP contribution is -2.27. The van der Waals surface area contributed by atoms with Gasteiger partial charge in [-0.05, 0) is 61.4 Å². The van der Waals surface area contributed by atoms with Crippen molar-refractivity contribution in [3.8, 4) is 0 Å². The van der Waals surface area contributed by atoms with E-state index in [0.29, 0.717) is 24.2 Å². The first-order valence-electron chi connectivity index (χ1n) is 16.6. The predicted octanol–water partition coefficient (Wildman–Crippen LogP) is 8.83. The molecule has 6 heteroatoms. The minimum absolute atomic E-state index is 0.194. The van der Waals surface area contributed by atoms with E-state index >= 15 is 0 Å². The molecule has 49 heavy (non-hydrogen) atoms. The number of nitrogens with zero attached hydrogens (tertiary/aromatic N) is 2. The van der Waals surface area contributed by atoms with Gasteiger partial charge in [0.2, 0.25) is 5.69 Å². The Balaban J connectivity index is 1.29. The third-order valence-corrected chi connectivity index (χ3v) is 9.76. The third kappa shape index (κ3) is 6.39. The van der Waals surface area contributed by atoms with Gasteiger partial charge in [-0.15, -0.1) is 0 Å². The number of hydrogen-bond donors (Lipinski definition) is 0. The Bertz CT molecular complexity index is 2010. The molecule has 0 atom stereocenters. The molecule has 6 nitrogen and oxygen atoms in total. The first-order chi connectivity index (χ1) is 23.6. The van der Waals surface area contributed by atoms with Crippen LogP contribution in [-0.2, 0) is 33.4 Å². The lowest BCUT2D eigenvalue weighted by molar-refractivity contribution is -0.455. The van der Waals surface area contributed by atoms with Crippen molar-refractivity contribution in [2.24, 2.45) is 0 Å². The van der Waals surface area contributed by atoms with E-state index in [-0.39, 0.29) is 22.8 Å². The molecule has 0 saturated carbocycles. The number of rotatable bonds is 9. The van der Waals surface area contributed by atoms with E-state index in [1.807, 2.05) is 48.5 Å². The summed E-state index contributed by atoms with van der Waals surface area (Å²) in [6, 6.07) is 32.4. The average molecular weight is 652 g/mol. The second kappa shape index (κ2) is 13.6. The largest absolute Gasteiger partial charge is 0.465 e. The minimum atomic E-state index is -0.335. The van der Waals surface area contributed by atoms with Crippen LogP contribution < -0.4 is 4.90 Å². The molecule has 4 aromatic carbocycles. The second-order valence-electron chi connectivity index (χ2n) is 13.5. The van der Waals surface area contributed by atoms with Crippen molar-refractivity contribution in [3.63, 3.8) is 0 Å². The number of carbonyl (C=O) groups is 2. The van der Waals surface area contributed by atoms with Gasteiger partial charge in [0.15, 0.2) is 12.3 Å². The van der Waals surface area contributed by atoms with Gasteiger partial charge in [-0.3, -0.25) is 0 Å². The summed E-state index contributed by atoms with van der Waals surface area (Å²) in [4.78, 5) is 26.3. The summed E-state index contributed by atoms with van der Waals surface area (Å²) in [5.41, 5.74) is 10.3. The highest BCUT2D eigenvalue weighted by molar-refractivity contribution is 6.03. The van der Waals surface area contributed by atoms with Gasteiger partial charge in [-0.2, -0.15) is 4.58 Å². The fraction of sp³-hybridized carbons (Fsp3) is 0.233. The number of carbonyl (C=O) groups excluding carboxylic acids is 2. The van der Waals surface area contributed by atoms with Crippen LogP contribution in [0.4, 0.5) is 11.4 Å². The van der Waals surface area contributed by atoms with Crippen molar-refractivity contribution in [2.45, 2.75) is 51.6 Å². The maximum absolute atomic E-state index is 12.0. The SMILES string of the molecule is COC(=O)c1ccc(CN2/C(=C/C=C/C=C/C3=[N+](Cc4ccc(C(=O)OC)cc4)c4ccccc4C3(C)C)C(C)(C)c3ccccc32)cc1. The minimum Gasteiger partial charge on any atom is -0.465 e. The summed E-state index contributed by atoms with van der Waals surface area (Å²) < 4.78 is 12.1. The van der Waals surface area contributed by atoms with Crippen molar-refractivity contribution in [2.75, 3.05) is 19.1 Å². The highest BCUT2D eigenvalue weighted by Crippen LogP contribution is 2.48. The average Bonchev–Trinajstić information content (AvgIpc) is 3.46. The Labute approximate surface area is 289 Å². The molecule has 2 aliphatic heterocycles. The molecule has 0 aromatic heterocycles. The Morgan fingerprint density at radius 3 is 1.88 bits per heavy atom. The summed E-state index contributed by atoms with van der Waals surface area (Å²) in [6.07, 6.45) is 10.8. The molecule has 0 aliphatic carbocycles. The van der Waals surface area contributed by atoms with E-state index in [4.69, 9.17) is 9.47 Å². The van der Waals surface area contributed by atoms with E-state index < -0.39 is 0 Å². The van der Waals surface area contributed by atoms with Crippen molar-refractivity contribution in [1.82, 2.24) is 0 Å². The summed E-state index contributed by atoms with van der Waals surface area (Å²) in [5.74, 6) is -0.670. The Hall–Kier alpha value is -5.49. The molecule has 0 unspecified atom stereocenters. The van der Waals surface area contributed by atoms with Crippen LogP contribution in [0.1, 0.15) is 70.7 Å². The molecule has 0 saturated heterocycles. The lowest BCUT2D eigenvalue weighted by atomic mass is 9.81. The van der Waals surface area contributed by atoms with E-state index in [9.17, 15) is 9.59 Å². The zero-order chi connectivity index (χ0) is 34.8. The number of benzene rings is 4. The van der Waals surface area contributed by atoms with Crippen LogP contribution in [0.2, 0.25) is 0 Å². The third-order valence-electron chi connectivity index (χ3n) is 9.76. The van der Waals surface area contributed by atoms with Crippen molar-refractivity contribution >= 4 is 29.0 Å². The quantitative estimate of drug-likeness (QED) is 0.103. The van der Waals surface area contributed by atoms with Crippen LogP contribution in [0, 0.1) is 0 Å². The topological polar surface area (TPSA) is 58.8 Å². The summed E-state index contributed by atoms with van der Waals surface area (Å²) in [7, 11) is 2.80. The maximum atomic E-state index is 12.0. The predicted molar refractivity (Wildman–Crippen MR) is 196 cm³/mol. The number of allylic oxidation sites excluding steroid dienone is 6. The number of fused-ring (bicyclic) bond motifs is 2. The Morgan fingerprint density at radius 2 is 1.24 bits per heavy atom. The first-order valence-corrected chi connectivity index (χ1v) is 16.6. The van der Waals surface area contributed by atoms with E-state index in [1.165, 1.54) is 48.1 Å². The molecule has 0 bridgehead atoms. The summed E-state index contributed by atoms with van der Waals surface area (Å²) in [6.45, 7) is 10.4. The molecular weight excluding hydrogens is 608 g/mol. The van der Waals surface area contributed by atoms with Gasteiger partial charge in [0.25, 0.3) is 0 Å². The van der Waals surface area contributed by atoms with Gasteiger partial charge >= 0.3 is 11.9 Å². The van der Waals surface area contributed by atoms with Crippen LogP contribution in [0.15, 0.2) is 133 Å². The van der Waals surface area contributed by atoms with Crippen molar-refractivity contribution in [3.05, 3.63) is 167 Å². The fourth-order valence-corrected chi connectivity index (χ4v) is 7.07. The molecule has 4 aromatic rings. The van der Waals surface area contributed by atoms with Gasteiger partial charge in [0.1, 0.15) is 0 Å². The Morgan fingerprint density at radius 1 is 0.673 bits per heavy atom. The zero-order valence-electron chi connectivity index (χ0n) is 29.1. The molecule has 248 valence electrons. The lowest BCUT2D eigenvalue weighted by Gasteiger charge is -2.27. The van der Waals surface area contributed by atoms with Gasteiger partial charge in [-0.1, -0.05) is 92.7 Å². The standard InChI is InChI=1S/C43H43N2O4/c1-42(2)34-14-10-12-16-36(34)44(28-30-20-24-32(25-21-30)40(46)48-5)38(42)18-8-7-9-19-39-43(3,4)35-15-11-13-17-37(35)45(39)29-31-22-26-33(27-23-31)41(47)49-6/h7-27H,28-29H2,1-6H3/q+1. The van der Waals surface area contributed by atoms with Crippen LogP contribution in [0.3, 0.4) is 0 Å². The molecule has 0 N–H and O–H groups in total. The Kier molecular flexibility index (Phi) is 9.24. The molecule has 0 amide bonds. The van der Waals surface area contributed by atoms with Gasteiger partial charge in [0, 0.05) is 46.6 Å². The molecular formula is C43H43N2O4+.